The topological polar surface area (TPSA) is 104 Å². The van der Waals surface area contributed by atoms with E-state index in [1.54, 1.807) is 12.1 Å². The Kier molecular flexibility index (Phi) is 4.44. The maximum Gasteiger partial charge on any atom is 0.346 e. The van der Waals surface area contributed by atoms with E-state index in [9.17, 15) is 19.5 Å². The number of benzene rings is 2. The molecule has 0 bridgehead atoms. The summed E-state index contributed by atoms with van der Waals surface area (Å²) in [6, 6.07) is 15.4. The number of carbonyl (C=O) groups is 3. The third-order valence-electron chi connectivity index (χ3n) is 4.72. The Hall–Kier alpha value is -3.45. The van der Waals surface area contributed by atoms with Gasteiger partial charge in [0.25, 0.3) is 0 Å². The van der Waals surface area contributed by atoms with Crippen molar-refractivity contribution < 1.29 is 24.6 Å². The number of carbonyl (C=O) groups excluding carboxylic acids is 1. The summed E-state index contributed by atoms with van der Waals surface area (Å²) in [5, 5.41) is 21.7. The molecule has 0 radical (unpaired) electrons. The zero-order valence-electron chi connectivity index (χ0n) is 14.5. The zero-order valence-corrected chi connectivity index (χ0v) is 15.3. The second-order valence-corrected chi connectivity index (χ2v) is 7.50. The minimum atomic E-state index is -1.05. The van der Waals surface area contributed by atoms with Crippen LogP contribution in [0.5, 0.6) is 0 Å². The number of aromatic carboxylic acids is 2. The Morgan fingerprint density at radius 3 is 2.25 bits per heavy atom. The number of anilines is 1. The van der Waals surface area contributed by atoms with Crippen LogP contribution in [0.2, 0.25) is 0 Å². The SMILES string of the molecule is O=C1CC(c2ccc(C(=O)O)cc2)c2sc(C(=O)O)c(-c3ccccc3)c2N1. The molecule has 28 heavy (non-hydrogen) atoms. The summed E-state index contributed by atoms with van der Waals surface area (Å²) in [5.41, 5.74) is 2.69. The number of rotatable bonds is 4. The number of hydrogen-bond donors (Lipinski definition) is 3. The smallest absolute Gasteiger partial charge is 0.346 e. The standard InChI is InChI=1S/C21H15NO5S/c23-15-10-14(11-6-8-13(9-7-11)20(24)25)18-17(22-15)16(19(28-18)21(26)27)12-4-2-1-3-5-12/h1-9,14H,10H2,(H,22,23)(H,24,25)(H,26,27). The van der Waals surface area contributed by atoms with E-state index >= 15 is 0 Å². The maximum absolute atomic E-state index is 12.4. The summed E-state index contributed by atoms with van der Waals surface area (Å²) in [4.78, 5) is 36.3. The fourth-order valence-electron chi connectivity index (χ4n) is 3.44. The molecule has 2 heterocycles. The highest BCUT2D eigenvalue weighted by molar-refractivity contribution is 7.15. The van der Waals surface area contributed by atoms with Crippen molar-refractivity contribution in [3.8, 4) is 11.1 Å². The maximum atomic E-state index is 12.4. The molecular formula is C21H15NO5S. The van der Waals surface area contributed by atoms with E-state index in [4.69, 9.17) is 5.11 Å². The van der Waals surface area contributed by atoms with Gasteiger partial charge in [-0.2, -0.15) is 0 Å². The molecule has 4 rings (SSSR count). The lowest BCUT2D eigenvalue weighted by atomic mass is 9.88. The van der Waals surface area contributed by atoms with Crippen molar-refractivity contribution in [2.75, 3.05) is 5.32 Å². The van der Waals surface area contributed by atoms with Crippen LogP contribution in [0, 0.1) is 0 Å². The molecule has 0 aliphatic carbocycles. The van der Waals surface area contributed by atoms with Gasteiger partial charge in [-0.15, -0.1) is 11.3 Å². The van der Waals surface area contributed by atoms with Gasteiger partial charge in [0.15, 0.2) is 0 Å². The van der Waals surface area contributed by atoms with Crippen molar-refractivity contribution in [3.05, 3.63) is 75.5 Å². The first-order chi connectivity index (χ1) is 13.5. The second-order valence-electron chi connectivity index (χ2n) is 6.45. The Labute approximate surface area is 164 Å². The third kappa shape index (κ3) is 3.05. The van der Waals surface area contributed by atoms with Crippen LogP contribution in [0.1, 0.15) is 42.8 Å². The van der Waals surface area contributed by atoms with Gasteiger partial charge in [0, 0.05) is 22.8 Å². The minimum absolute atomic E-state index is 0.159. The van der Waals surface area contributed by atoms with Gasteiger partial charge in [0.05, 0.1) is 11.3 Å². The number of amides is 1. The van der Waals surface area contributed by atoms with Crippen molar-refractivity contribution in [3.63, 3.8) is 0 Å². The van der Waals surface area contributed by atoms with E-state index in [1.165, 1.54) is 12.1 Å². The van der Waals surface area contributed by atoms with Gasteiger partial charge in [0.1, 0.15) is 4.88 Å². The normalized spacial score (nSPS) is 15.6. The Balaban J connectivity index is 1.88. The first-order valence-electron chi connectivity index (χ1n) is 8.54. The van der Waals surface area contributed by atoms with Crippen LogP contribution in [0.15, 0.2) is 54.6 Å². The van der Waals surface area contributed by atoms with Gasteiger partial charge in [-0.05, 0) is 23.3 Å². The van der Waals surface area contributed by atoms with E-state index in [0.717, 1.165) is 27.3 Å². The minimum Gasteiger partial charge on any atom is -0.478 e. The van der Waals surface area contributed by atoms with Crippen molar-refractivity contribution in [2.45, 2.75) is 12.3 Å². The first-order valence-corrected chi connectivity index (χ1v) is 9.36. The van der Waals surface area contributed by atoms with E-state index in [0.29, 0.717) is 11.3 Å². The van der Waals surface area contributed by atoms with Crippen LogP contribution in [0.4, 0.5) is 5.69 Å². The second kappa shape index (κ2) is 6.94. The van der Waals surface area contributed by atoms with Crippen molar-refractivity contribution in [1.82, 2.24) is 0 Å². The number of hydrogen-bond acceptors (Lipinski definition) is 4. The van der Waals surface area contributed by atoms with E-state index in [1.807, 2.05) is 30.3 Å². The number of carboxylic acid groups (broad SMARTS) is 2. The molecule has 1 unspecified atom stereocenters. The number of thiophene rings is 1. The highest BCUT2D eigenvalue weighted by atomic mass is 32.1. The molecule has 0 spiro atoms. The average Bonchev–Trinajstić information content (AvgIpc) is 3.07. The largest absolute Gasteiger partial charge is 0.478 e. The van der Waals surface area contributed by atoms with Crippen LogP contribution in [0.25, 0.3) is 11.1 Å². The Bertz CT molecular complexity index is 1090. The quantitative estimate of drug-likeness (QED) is 0.614. The molecule has 0 saturated heterocycles. The molecule has 140 valence electrons. The molecule has 6 nitrogen and oxygen atoms in total. The summed E-state index contributed by atoms with van der Waals surface area (Å²) in [5.74, 6) is -2.60. The molecule has 1 amide bonds. The average molecular weight is 393 g/mol. The van der Waals surface area contributed by atoms with Gasteiger partial charge < -0.3 is 15.5 Å². The molecule has 7 heteroatoms. The molecule has 1 aromatic heterocycles. The van der Waals surface area contributed by atoms with Crippen molar-refractivity contribution in [1.29, 1.82) is 0 Å². The summed E-state index contributed by atoms with van der Waals surface area (Å²) >= 11 is 1.15. The van der Waals surface area contributed by atoms with Gasteiger partial charge >= 0.3 is 11.9 Å². The highest BCUT2D eigenvalue weighted by Gasteiger charge is 2.34. The molecule has 0 saturated carbocycles. The number of nitrogens with one attached hydrogen (secondary N) is 1. The highest BCUT2D eigenvalue weighted by Crippen LogP contribution is 2.49. The molecule has 3 N–H and O–H groups in total. The van der Waals surface area contributed by atoms with Crippen molar-refractivity contribution in [2.24, 2.45) is 0 Å². The summed E-state index contributed by atoms with van der Waals surface area (Å²) in [6.45, 7) is 0. The number of carboxylic acids is 2. The van der Waals surface area contributed by atoms with E-state index < -0.39 is 11.9 Å². The van der Waals surface area contributed by atoms with Gasteiger partial charge in [0.2, 0.25) is 5.91 Å². The van der Waals surface area contributed by atoms with Crippen LogP contribution in [0.3, 0.4) is 0 Å². The fraction of sp³-hybridized carbons (Fsp3) is 0.0952. The van der Waals surface area contributed by atoms with Gasteiger partial charge in [-0.3, -0.25) is 4.79 Å². The van der Waals surface area contributed by atoms with Crippen LogP contribution in [-0.4, -0.2) is 28.1 Å². The van der Waals surface area contributed by atoms with Crippen molar-refractivity contribution >= 4 is 34.9 Å². The summed E-state index contributed by atoms with van der Waals surface area (Å²) < 4.78 is 0. The fourth-order valence-corrected chi connectivity index (χ4v) is 4.69. The molecule has 1 aliphatic rings. The monoisotopic (exact) mass is 393 g/mol. The molecule has 0 fully saturated rings. The Morgan fingerprint density at radius 2 is 1.64 bits per heavy atom. The summed E-state index contributed by atoms with van der Waals surface area (Å²) in [6.07, 6.45) is 0.174. The van der Waals surface area contributed by atoms with E-state index in [2.05, 4.69) is 5.32 Å². The lowest BCUT2D eigenvalue weighted by Crippen LogP contribution is -2.22. The molecular weight excluding hydrogens is 378 g/mol. The molecule has 1 atom stereocenters. The van der Waals surface area contributed by atoms with Crippen LogP contribution >= 0.6 is 11.3 Å². The molecule has 3 aromatic rings. The Morgan fingerprint density at radius 1 is 0.964 bits per heavy atom. The third-order valence-corrected chi connectivity index (χ3v) is 6.01. The molecule has 1 aliphatic heterocycles. The zero-order chi connectivity index (χ0) is 19.8. The van der Waals surface area contributed by atoms with Gasteiger partial charge in [-0.25, -0.2) is 9.59 Å². The first kappa shape index (κ1) is 17.9. The van der Waals surface area contributed by atoms with Crippen LogP contribution < -0.4 is 5.32 Å². The summed E-state index contributed by atoms with van der Waals surface area (Å²) in [7, 11) is 0. The van der Waals surface area contributed by atoms with E-state index in [-0.39, 0.29) is 28.7 Å². The molecule has 2 aromatic carbocycles. The lowest BCUT2D eigenvalue weighted by molar-refractivity contribution is -0.116. The number of fused-ring (bicyclic) bond motifs is 1. The van der Waals surface area contributed by atoms with Gasteiger partial charge in [-0.1, -0.05) is 42.5 Å². The predicted molar refractivity (Wildman–Crippen MR) is 105 cm³/mol. The predicted octanol–water partition coefficient (Wildman–Crippen LogP) is 4.29. The lowest BCUT2D eigenvalue weighted by Gasteiger charge is -2.24. The van der Waals surface area contributed by atoms with Crippen LogP contribution in [-0.2, 0) is 4.79 Å².